The van der Waals surface area contributed by atoms with E-state index in [1.807, 2.05) is 5.51 Å². The Hall–Kier alpha value is -2.95. The smallest absolute Gasteiger partial charge is 0.0812 e. The molecule has 154 valence electrons. The monoisotopic (exact) mass is 423 g/mol. The van der Waals surface area contributed by atoms with Crippen LogP contribution in [0.4, 0.5) is 0 Å². The summed E-state index contributed by atoms with van der Waals surface area (Å²) in [7, 11) is 0. The van der Waals surface area contributed by atoms with E-state index in [4.69, 9.17) is 0 Å². The van der Waals surface area contributed by atoms with Crippen molar-refractivity contribution in [3.63, 3.8) is 0 Å². The number of fused-ring (bicyclic) bond motifs is 4. The zero-order valence-electron chi connectivity index (χ0n) is 17.6. The predicted octanol–water partition coefficient (Wildman–Crippen LogP) is 7.17. The molecule has 0 fully saturated rings. The van der Waals surface area contributed by atoms with E-state index < -0.39 is 0 Å². The molecular formula is C27H25N3S. The van der Waals surface area contributed by atoms with Crippen LogP contribution in [0.1, 0.15) is 48.7 Å². The normalized spacial score (nSPS) is 17.1. The number of hydrogen-bond donors (Lipinski definition) is 2. The standard InChI is InChI=1S/C27H25N3S/c1-17(18-6-3-2-4-7-18)29-25-9-5-8-21-22-14-19(10-12-23(22)30-27(21)25)20-11-13-24-26(15-20)31-16-28-24/h2-4,6-7,10-17,25,29-30H,5,8-9H2,1H3/t17-,25?/m1/s1. The number of benzene rings is 3. The highest BCUT2D eigenvalue weighted by Crippen LogP contribution is 2.38. The van der Waals surface area contributed by atoms with Crippen molar-refractivity contribution in [1.29, 1.82) is 0 Å². The predicted molar refractivity (Wildman–Crippen MR) is 131 cm³/mol. The van der Waals surface area contributed by atoms with Gasteiger partial charge in [0.15, 0.2) is 0 Å². The van der Waals surface area contributed by atoms with Gasteiger partial charge in [0, 0.05) is 28.7 Å². The number of nitrogens with zero attached hydrogens (tertiary/aromatic N) is 1. The van der Waals surface area contributed by atoms with Crippen LogP contribution < -0.4 is 5.32 Å². The van der Waals surface area contributed by atoms with Gasteiger partial charge in [0.25, 0.3) is 0 Å². The summed E-state index contributed by atoms with van der Waals surface area (Å²) in [5, 5.41) is 5.25. The summed E-state index contributed by atoms with van der Waals surface area (Å²) in [6, 6.07) is 24.9. The van der Waals surface area contributed by atoms with Crippen molar-refractivity contribution < 1.29 is 0 Å². The molecule has 1 aliphatic rings. The minimum atomic E-state index is 0.324. The fourth-order valence-electron chi connectivity index (χ4n) is 4.98. The van der Waals surface area contributed by atoms with Gasteiger partial charge in [0.1, 0.15) is 0 Å². The van der Waals surface area contributed by atoms with Crippen LogP contribution in [0.2, 0.25) is 0 Å². The molecule has 3 aromatic carbocycles. The second-order valence-corrected chi connectivity index (χ2v) is 9.44. The van der Waals surface area contributed by atoms with E-state index in [0.29, 0.717) is 12.1 Å². The Kier molecular flexibility index (Phi) is 4.62. The zero-order chi connectivity index (χ0) is 20.8. The molecule has 2 aromatic heterocycles. The molecule has 31 heavy (non-hydrogen) atoms. The largest absolute Gasteiger partial charge is 0.357 e. The molecule has 2 heterocycles. The molecular weight excluding hydrogens is 398 g/mol. The van der Waals surface area contributed by atoms with Gasteiger partial charge in [-0.25, -0.2) is 4.98 Å². The molecule has 0 bridgehead atoms. The molecule has 3 nitrogen and oxygen atoms in total. The molecule has 0 saturated carbocycles. The highest BCUT2D eigenvalue weighted by Gasteiger charge is 2.25. The Morgan fingerprint density at radius 2 is 1.87 bits per heavy atom. The Morgan fingerprint density at radius 1 is 1.03 bits per heavy atom. The third-order valence-corrected chi connectivity index (χ3v) is 7.41. The zero-order valence-corrected chi connectivity index (χ0v) is 18.4. The van der Waals surface area contributed by atoms with Crippen LogP contribution in [0.5, 0.6) is 0 Å². The van der Waals surface area contributed by atoms with Crippen molar-refractivity contribution in [2.75, 3.05) is 0 Å². The third kappa shape index (κ3) is 3.36. The summed E-state index contributed by atoms with van der Waals surface area (Å²) in [5.74, 6) is 0. The van der Waals surface area contributed by atoms with Crippen molar-refractivity contribution in [2.24, 2.45) is 0 Å². The first kappa shape index (κ1) is 18.8. The topological polar surface area (TPSA) is 40.7 Å². The van der Waals surface area contributed by atoms with Gasteiger partial charge in [-0.2, -0.15) is 0 Å². The van der Waals surface area contributed by atoms with Gasteiger partial charge in [0.05, 0.1) is 15.7 Å². The Morgan fingerprint density at radius 3 is 2.77 bits per heavy atom. The fraction of sp³-hybridized carbons (Fsp3) is 0.222. The van der Waals surface area contributed by atoms with Crippen LogP contribution >= 0.6 is 11.3 Å². The van der Waals surface area contributed by atoms with Crippen LogP contribution in [-0.2, 0) is 6.42 Å². The Bertz CT molecular complexity index is 1370. The summed E-state index contributed by atoms with van der Waals surface area (Å²) in [6.07, 6.45) is 3.53. The van der Waals surface area contributed by atoms with Crippen molar-refractivity contribution in [3.05, 3.63) is 89.1 Å². The first-order valence-electron chi connectivity index (χ1n) is 11.1. The molecule has 5 aromatic rings. The fourth-order valence-corrected chi connectivity index (χ4v) is 5.70. The molecule has 0 aliphatic heterocycles. The number of H-pyrrole nitrogens is 1. The highest BCUT2D eigenvalue weighted by atomic mass is 32.1. The summed E-state index contributed by atoms with van der Waals surface area (Å²) in [6.45, 7) is 2.26. The van der Waals surface area contributed by atoms with E-state index in [1.165, 1.54) is 56.4 Å². The molecule has 4 heteroatoms. The van der Waals surface area contributed by atoms with Gasteiger partial charge in [-0.05, 0) is 72.7 Å². The maximum Gasteiger partial charge on any atom is 0.0812 e. The second-order valence-electron chi connectivity index (χ2n) is 8.56. The van der Waals surface area contributed by atoms with Crippen LogP contribution in [0, 0.1) is 0 Å². The van der Waals surface area contributed by atoms with Crippen molar-refractivity contribution in [1.82, 2.24) is 15.3 Å². The Balaban J connectivity index is 1.36. The van der Waals surface area contributed by atoms with Crippen LogP contribution in [0.3, 0.4) is 0 Å². The van der Waals surface area contributed by atoms with Gasteiger partial charge < -0.3 is 10.3 Å². The third-order valence-electron chi connectivity index (χ3n) is 6.62. The molecule has 0 radical (unpaired) electrons. The van der Waals surface area contributed by atoms with Gasteiger partial charge in [-0.1, -0.05) is 42.5 Å². The number of nitrogens with one attached hydrogen (secondary N) is 2. The number of aromatic nitrogens is 2. The van der Waals surface area contributed by atoms with E-state index in [1.54, 1.807) is 11.3 Å². The lowest BCUT2D eigenvalue weighted by Gasteiger charge is -2.27. The van der Waals surface area contributed by atoms with Crippen molar-refractivity contribution in [2.45, 2.75) is 38.3 Å². The molecule has 2 atom stereocenters. The molecule has 6 rings (SSSR count). The number of aromatic amines is 1. The van der Waals surface area contributed by atoms with Crippen LogP contribution in [0.15, 0.2) is 72.2 Å². The van der Waals surface area contributed by atoms with Gasteiger partial charge in [0.2, 0.25) is 0 Å². The first-order valence-corrected chi connectivity index (χ1v) is 11.9. The van der Waals surface area contributed by atoms with Crippen molar-refractivity contribution >= 4 is 32.5 Å². The lowest BCUT2D eigenvalue weighted by atomic mass is 9.90. The van der Waals surface area contributed by atoms with Crippen molar-refractivity contribution in [3.8, 4) is 11.1 Å². The quantitative estimate of drug-likeness (QED) is 0.322. The summed E-state index contributed by atoms with van der Waals surface area (Å²) < 4.78 is 1.24. The SMILES string of the molecule is C[C@@H](NC1CCCc2c1[nH]c1ccc(-c3ccc4ncsc4c3)cc21)c1ccccc1. The molecule has 1 unspecified atom stereocenters. The van der Waals surface area contributed by atoms with E-state index in [9.17, 15) is 0 Å². The van der Waals surface area contributed by atoms with Gasteiger partial charge >= 0.3 is 0 Å². The van der Waals surface area contributed by atoms with E-state index in [0.717, 1.165) is 11.9 Å². The summed E-state index contributed by atoms with van der Waals surface area (Å²) >= 11 is 1.70. The van der Waals surface area contributed by atoms with Crippen LogP contribution in [0.25, 0.3) is 32.2 Å². The van der Waals surface area contributed by atoms with Crippen LogP contribution in [-0.4, -0.2) is 9.97 Å². The molecule has 1 aliphatic carbocycles. The number of rotatable bonds is 4. The lowest BCUT2D eigenvalue weighted by Crippen LogP contribution is -2.27. The Labute approximate surface area is 186 Å². The number of hydrogen-bond acceptors (Lipinski definition) is 3. The maximum atomic E-state index is 4.41. The van der Waals surface area contributed by atoms with Gasteiger partial charge in [-0.3, -0.25) is 0 Å². The average molecular weight is 424 g/mol. The number of thiazole rings is 1. The number of aryl methyl sites for hydroxylation is 1. The molecule has 0 amide bonds. The summed E-state index contributed by atoms with van der Waals surface area (Å²) in [5.41, 5.74) is 11.0. The lowest BCUT2D eigenvalue weighted by molar-refractivity contribution is 0.410. The van der Waals surface area contributed by atoms with E-state index >= 15 is 0 Å². The minimum Gasteiger partial charge on any atom is -0.357 e. The van der Waals surface area contributed by atoms with E-state index in [2.05, 4.69) is 88.9 Å². The highest BCUT2D eigenvalue weighted by molar-refractivity contribution is 7.16. The minimum absolute atomic E-state index is 0.324. The first-order chi connectivity index (χ1) is 15.3. The average Bonchev–Trinajstić information content (AvgIpc) is 3.43. The maximum absolute atomic E-state index is 4.41. The second kappa shape index (κ2) is 7.63. The molecule has 0 spiro atoms. The van der Waals surface area contributed by atoms with Gasteiger partial charge in [-0.15, -0.1) is 11.3 Å². The summed E-state index contributed by atoms with van der Waals surface area (Å²) in [4.78, 5) is 8.17. The molecule has 0 saturated heterocycles. The van der Waals surface area contributed by atoms with E-state index in [-0.39, 0.29) is 0 Å². The molecule has 2 N–H and O–H groups in total.